The Morgan fingerprint density at radius 3 is 2.37 bits per heavy atom. The van der Waals surface area contributed by atoms with Crippen molar-refractivity contribution in [2.24, 2.45) is 5.92 Å². The van der Waals surface area contributed by atoms with Crippen LogP contribution in [0.25, 0.3) is 0 Å². The molecule has 5 atom stereocenters. The first-order valence-electron chi connectivity index (χ1n) is 21.6. The average molecular weight is 828 g/mol. The van der Waals surface area contributed by atoms with Crippen LogP contribution < -0.4 is 29.9 Å². The Morgan fingerprint density at radius 1 is 0.917 bits per heavy atom. The van der Waals surface area contributed by atoms with Gasteiger partial charge in [-0.05, 0) is 92.3 Å². The Hall–Kier alpha value is -5.01. The summed E-state index contributed by atoms with van der Waals surface area (Å²) in [7, 11) is -0.812. The highest BCUT2D eigenvalue weighted by atomic mass is 28.3. The number of benzene rings is 4. The highest BCUT2D eigenvalue weighted by Crippen LogP contribution is 2.60. The van der Waals surface area contributed by atoms with E-state index >= 15 is 4.79 Å². The number of hydrogen-bond acceptors (Lipinski definition) is 8. The minimum Gasteiger partial charge on any atom is -0.497 e. The van der Waals surface area contributed by atoms with Gasteiger partial charge >= 0.3 is 0 Å². The topological polar surface area (TPSA) is 115 Å². The number of aliphatic hydroxyl groups is 1. The van der Waals surface area contributed by atoms with Gasteiger partial charge in [0.15, 0.2) is 5.60 Å². The second-order valence-corrected chi connectivity index (χ2v) is 22.6. The van der Waals surface area contributed by atoms with E-state index in [1.807, 2.05) is 87.5 Å². The fraction of sp³-hybridized carbons (Fsp3) is 0.438. The normalized spacial score (nSPS) is 26.1. The molecule has 9 rings (SSSR count). The lowest BCUT2D eigenvalue weighted by Gasteiger charge is -2.39. The monoisotopic (exact) mass is 827 g/mol. The second kappa shape index (κ2) is 15.8. The van der Waals surface area contributed by atoms with E-state index in [9.17, 15) is 14.7 Å². The lowest BCUT2D eigenvalue weighted by molar-refractivity contribution is -0.150. The molecule has 2 N–H and O–H groups in total. The summed E-state index contributed by atoms with van der Waals surface area (Å²) < 4.78 is 12.8. The van der Waals surface area contributed by atoms with E-state index in [0.717, 1.165) is 72.7 Å². The Bertz CT molecular complexity index is 2250. The van der Waals surface area contributed by atoms with Gasteiger partial charge in [-0.3, -0.25) is 19.3 Å². The standard InChI is InChI=1S/C48H57N5O6Si/c1-33-44(60(3,4)39-21-19-38(58-2)20-22-39)42(29-43(55)50-27-11-16-37(50)31-54)59-48(33)40-17-8-9-18-41(40)51(46(48)57)30-34-12-10-15-36(28-34)52-32-53(35-13-6-5-7-14-35)47(45(52)56)23-25-49-26-24-47/h5-10,12-15,17-22,28,33,37,42,44,49,54H,11,16,23-27,29-32H2,1-4H3/t33-,37-,42+,44-,48+/m0/s1. The molecule has 3 amide bonds. The van der Waals surface area contributed by atoms with E-state index in [4.69, 9.17) is 9.47 Å². The van der Waals surface area contributed by atoms with Crippen LogP contribution in [-0.2, 0) is 31.3 Å². The molecule has 5 heterocycles. The number of hydrogen-bond donors (Lipinski definition) is 2. The molecule has 0 saturated carbocycles. The minimum atomic E-state index is -2.47. The number of likely N-dealkylation sites (tertiary alicyclic amines) is 1. The summed E-state index contributed by atoms with van der Waals surface area (Å²) in [6.45, 7) is 9.63. The number of anilines is 3. The smallest absolute Gasteiger partial charge is 0.264 e. The summed E-state index contributed by atoms with van der Waals surface area (Å²) in [5.41, 5.74) is 2.36. The molecule has 4 saturated heterocycles. The Morgan fingerprint density at radius 2 is 1.63 bits per heavy atom. The lowest BCUT2D eigenvalue weighted by Crippen LogP contribution is -2.55. The molecule has 0 unspecified atom stereocenters. The van der Waals surface area contributed by atoms with E-state index in [-0.39, 0.29) is 48.3 Å². The number of aliphatic hydroxyl groups excluding tert-OH is 1. The van der Waals surface area contributed by atoms with Crippen LogP contribution >= 0.6 is 0 Å². The molecule has 0 aromatic heterocycles. The van der Waals surface area contributed by atoms with Gasteiger partial charge in [0.2, 0.25) is 5.91 Å². The number of ether oxygens (including phenoxy) is 2. The molecule has 4 aromatic rings. The van der Waals surface area contributed by atoms with Crippen LogP contribution in [0, 0.1) is 5.92 Å². The highest BCUT2D eigenvalue weighted by Gasteiger charge is 2.66. The molecule has 2 spiro atoms. The third kappa shape index (κ3) is 6.45. The Kier molecular flexibility index (Phi) is 10.6. The number of para-hydroxylation sites is 2. The number of rotatable bonds is 10. The molecule has 5 aliphatic heterocycles. The molecule has 314 valence electrons. The molecule has 5 aliphatic rings. The van der Waals surface area contributed by atoms with Gasteiger partial charge in [0, 0.05) is 29.4 Å². The lowest BCUT2D eigenvalue weighted by atomic mass is 9.82. The average Bonchev–Trinajstić information content (AvgIpc) is 4.01. The molecule has 11 nitrogen and oxygen atoms in total. The summed E-state index contributed by atoms with van der Waals surface area (Å²) in [5.74, 6) is 0.459. The van der Waals surface area contributed by atoms with Crippen LogP contribution in [0.15, 0.2) is 103 Å². The SMILES string of the molecule is COc1ccc([Si](C)(C)[C@@H]2[C@@H](CC(=O)N3CCC[C@H]3CO)O[C@]3(C(=O)N(Cc4cccc(N5CN(c6ccccc6)C6(CCNCC6)C5=O)c4)c4ccccc43)[C@H]2C)cc1. The van der Waals surface area contributed by atoms with E-state index in [1.165, 1.54) is 5.19 Å². The molecule has 60 heavy (non-hydrogen) atoms. The zero-order valence-corrected chi connectivity index (χ0v) is 36.2. The third-order valence-electron chi connectivity index (χ3n) is 14.5. The number of amides is 3. The van der Waals surface area contributed by atoms with Crippen molar-refractivity contribution >= 4 is 48.0 Å². The van der Waals surface area contributed by atoms with Gasteiger partial charge in [0.1, 0.15) is 11.3 Å². The Balaban J connectivity index is 1.05. The van der Waals surface area contributed by atoms with Crippen LogP contribution in [0.5, 0.6) is 5.75 Å². The molecule has 4 aromatic carbocycles. The molecule has 12 heteroatoms. The van der Waals surface area contributed by atoms with E-state index in [2.05, 4.69) is 60.6 Å². The predicted molar refractivity (Wildman–Crippen MR) is 236 cm³/mol. The summed E-state index contributed by atoms with van der Waals surface area (Å²) in [6.07, 6.45) is 2.70. The van der Waals surface area contributed by atoms with E-state index < -0.39 is 25.3 Å². The molecule has 0 aliphatic carbocycles. The first kappa shape index (κ1) is 40.4. The zero-order chi connectivity index (χ0) is 41.8. The number of piperidine rings is 1. The fourth-order valence-electron chi connectivity index (χ4n) is 11.4. The number of carbonyl (C=O) groups is 3. The van der Waals surface area contributed by atoms with Gasteiger partial charge in [-0.15, -0.1) is 0 Å². The minimum absolute atomic E-state index is 0.0358. The number of fused-ring (bicyclic) bond motifs is 2. The fourth-order valence-corrected chi connectivity index (χ4v) is 15.5. The maximum atomic E-state index is 15.5. The number of carbonyl (C=O) groups excluding carboxylic acids is 3. The van der Waals surface area contributed by atoms with Crippen molar-refractivity contribution in [2.45, 2.75) is 87.5 Å². The largest absolute Gasteiger partial charge is 0.497 e. The maximum absolute atomic E-state index is 15.5. The van der Waals surface area contributed by atoms with Crippen molar-refractivity contribution in [1.29, 1.82) is 0 Å². The van der Waals surface area contributed by atoms with Gasteiger partial charge in [-0.25, -0.2) is 0 Å². The Labute approximate surface area is 354 Å². The summed E-state index contributed by atoms with van der Waals surface area (Å²) in [4.78, 5) is 52.0. The molecular formula is C48H57N5O6Si. The summed E-state index contributed by atoms with van der Waals surface area (Å²) >= 11 is 0. The highest BCUT2D eigenvalue weighted by molar-refractivity contribution is 6.91. The number of nitrogens with one attached hydrogen (secondary N) is 1. The van der Waals surface area contributed by atoms with E-state index in [1.54, 1.807) is 7.11 Å². The molecule has 0 bridgehead atoms. The summed E-state index contributed by atoms with van der Waals surface area (Å²) in [6, 6.07) is 34.3. The van der Waals surface area contributed by atoms with Crippen molar-refractivity contribution in [1.82, 2.24) is 10.2 Å². The van der Waals surface area contributed by atoms with Crippen molar-refractivity contribution < 1.29 is 29.0 Å². The van der Waals surface area contributed by atoms with Crippen LogP contribution in [0.1, 0.15) is 50.2 Å². The van der Waals surface area contributed by atoms with Crippen LogP contribution in [0.3, 0.4) is 0 Å². The van der Waals surface area contributed by atoms with E-state index in [0.29, 0.717) is 19.8 Å². The van der Waals surface area contributed by atoms with Gasteiger partial charge in [0.05, 0.1) is 59.3 Å². The quantitative estimate of drug-likeness (QED) is 0.194. The number of nitrogens with zero attached hydrogens (tertiary/aromatic N) is 4. The maximum Gasteiger partial charge on any atom is 0.264 e. The van der Waals surface area contributed by atoms with Gasteiger partial charge < -0.3 is 34.6 Å². The van der Waals surface area contributed by atoms with Crippen molar-refractivity contribution in [3.05, 3.63) is 114 Å². The first-order chi connectivity index (χ1) is 29.0. The first-order valence-corrected chi connectivity index (χ1v) is 24.7. The van der Waals surface area contributed by atoms with Crippen LogP contribution in [-0.4, -0.2) is 93.5 Å². The molecular weight excluding hydrogens is 771 g/mol. The third-order valence-corrected chi connectivity index (χ3v) is 18.9. The van der Waals surface area contributed by atoms with Crippen molar-refractivity contribution in [3.8, 4) is 5.75 Å². The van der Waals surface area contributed by atoms with Gasteiger partial charge in [-0.1, -0.05) is 85.9 Å². The van der Waals surface area contributed by atoms with Gasteiger partial charge in [-0.2, -0.15) is 0 Å². The zero-order valence-electron chi connectivity index (χ0n) is 35.2. The van der Waals surface area contributed by atoms with Crippen molar-refractivity contribution in [3.63, 3.8) is 0 Å². The second-order valence-electron chi connectivity index (χ2n) is 17.9. The van der Waals surface area contributed by atoms with Crippen LogP contribution in [0.4, 0.5) is 17.1 Å². The van der Waals surface area contributed by atoms with Crippen molar-refractivity contribution in [2.75, 3.05) is 54.7 Å². The van der Waals surface area contributed by atoms with Gasteiger partial charge in [0.25, 0.3) is 11.8 Å². The number of methoxy groups -OCH3 is 1. The predicted octanol–water partition coefficient (Wildman–Crippen LogP) is 5.76. The molecule has 0 radical (unpaired) electrons. The summed E-state index contributed by atoms with van der Waals surface area (Å²) in [5, 5.41) is 14.8. The van der Waals surface area contributed by atoms with Crippen LogP contribution in [0.2, 0.25) is 18.6 Å². The molecule has 4 fully saturated rings.